The molecule has 1 atom stereocenters. The van der Waals surface area contributed by atoms with E-state index in [4.69, 9.17) is 9.84 Å². The molecule has 0 spiro atoms. The highest BCUT2D eigenvalue weighted by atomic mass is 16.5. The number of hydrogen-bond acceptors (Lipinski definition) is 3. The highest BCUT2D eigenvalue weighted by molar-refractivity contribution is 5.86. The number of rotatable bonds is 2. The number of aromatic carboxylic acids is 1. The summed E-state index contributed by atoms with van der Waals surface area (Å²) in [7, 11) is 0. The fourth-order valence-electron chi connectivity index (χ4n) is 1.81. The number of imidazole rings is 1. The van der Waals surface area contributed by atoms with Crippen molar-refractivity contribution in [1.82, 2.24) is 9.97 Å². The third kappa shape index (κ3) is 1.63. The lowest BCUT2D eigenvalue weighted by Crippen LogP contribution is -2.23. The van der Waals surface area contributed by atoms with E-state index in [2.05, 4.69) is 9.97 Å². The molecule has 0 radical (unpaired) electrons. The molecule has 5 nitrogen and oxygen atoms in total. The first-order valence-corrected chi connectivity index (χ1v) is 4.91. The van der Waals surface area contributed by atoms with E-state index in [1.54, 1.807) is 6.92 Å². The van der Waals surface area contributed by atoms with Gasteiger partial charge < -0.3 is 14.8 Å². The van der Waals surface area contributed by atoms with Crippen molar-refractivity contribution in [1.29, 1.82) is 0 Å². The van der Waals surface area contributed by atoms with Gasteiger partial charge in [-0.05, 0) is 13.3 Å². The summed E-state index contributed by atoms with van der Waals surface area (Å²) in [5.74, 6) is -0.271. The van der Waals surface area contributed by atoms with E-state index in [-0.39, 0.29) is 11.1 Å². The van der Waals surface area contributed by atoms with E-state index in [1.807, 2.05) is 6.92 Å². The Morgan fingerprint density at radius 1 is 1.67 bits per heavy atom. The number of nitrogens with zero attached hydrogens (tertiary/aromatic N) is 1. The molecule has 1 fully saturated rings. The van der Waals surface area contributed by atoms with Gasteiger partial charge in [0.25, 0.3) is 0 Å². The Labute approximate surface area is 87.5 Å². The van der Waals surface area contributed by atoms with Crippen LogP contribution in [0.1, 0.15) is 35.4 Å². The van der Waals surface area contributed by atoms with E-state index in [0.717, 1.165) is 12.2 Å². The van der Waals surface area contributed by atoms with Gasteiger partial charge in [-0.15, -0.1) is 0 Å². The Balaban J connectivity index is 2.37. The first-order valence-electron chi connectivity index (χ1n) is 4.91. The van der Waals surface area contributed by atoms with Crippen molar-refractivity contribution >= 4 is 5.97 Å². The Bertz CT molecular complexity index is 391. The van der Waals surface area contributed by atoms with Crippen LogP contribution in [0.3, 0.4) is 0 Å². The molecule has 0 saturated carbocycles. The van der Waals surface area contributed by atoms with Gasteiger partial charge >= 0.3 is 5.97 Å². The monoisotopic (exact) mass is 210 g/mol. The molecule has 1 aromatic heterocycles. The number of ether oxygens (including phenoxy) is 1. The number of carboxylic acids is 1. The summed E-state index contributed by atoms with van der Waals surface area (Å²) < 4.78 is 5.32. The lowest BCUT2D eigenvalue weighted by molar-refractivity contribution is 0.0690. The fraction of sp³-hybridized carbons (Fsp3) is 0.600. The van der Waals surface area contributed by atoms with Gasteiger partial charge in [0, 0.05) is 12.3 Å². The standard InChI is InChI=1S/C10H14N2O3/c1-6-7(8(13)14)12-9(11-6)10(2)3-4-15-5-10/h3-5H2,1-2H3,(H,11,12)(H,13,14). The summed E-state index contributed by atoms with van der Waals surface area (Å²) in [4.78, 5) is 18.0. The molecule has 1 saturated heterocycles. The van der Waals surface area contributed by atoms with Crippen molar-refractivity contribution in [3.63, 3.8) is 0 Å². The zero-order valence-electron chi connectivity index (χ0n) is 8.83. The number of aromatic nitrogens is 2. The molecular weight excluding hydrogens is 196 g/mol. The molecule has 1 aliphatic rings. The largest absolute Gasteiger partial charge is 0.476 e. The van der Waals surface area contributed by atoms with Crippen molar-refractivity contribution in [3.8, 4) is 0 Å². The summed E-state index contributed by atoms with van der Waals surface area (Å²) in [6, 6.07) is 0. The van der Waals surface area contributed by atoms with Crippen LogP contribution in [-0.4, -0.2) is 34.3 Å². The molecule has 2 heterocycles. The second kappa shape index (κ2) is 3.34. The molecule has 0 aromatic carbocycles. The molecule has 2 N–H and O–H groups in total. The van der Waals surface area contributed by atoms with E-state index in [1.165, 1.54) is 0 Å². The molecule has 82 valence electrons. The van der Waals surface area contributed by atoms with E-state index in [9.17, 15) is 4.79 Å². The lowest BCUT2D eigenvalue weighted by Gasteiger charge is -2.17. The maximum atomic E-state index is 10.8. The number of carbonyl (C=O) groups is 1. The molecule has 5 heteroatoms. The number of H-pyrrole nitrogens is 1. The third-order valence-electron chi connectivity index (χ3n) is 2.88. The first kappa shape index (κ1) is 10.2. The summed E-state index contributed by atoms with van der Waals surface area (Å²) in [6.45, 7) is 5.06. The Hall–Kier alpha value is -1.36. The summed E-state index contributed by atoms with van der Waals surface area (Å²) in [5, 5.41) is 8.89. The van der Waals surface area contributed by atoms with Gasteiger partial charge in [0.2, 0.25) is 0 Å². The van der Waals surface area contributed by atoms with Crippen LogP contribution in [0.5, 0.6) is 0 Å². The number of nitrogens with one attached hydrogen (secondary N) is 1. The third-order valence-corrected chi connectivity index (χ3v) is 2.88. The van der Waals surface area contributed by atoms with Gasteiger partial charge in [-0.1, -0.05) is 6.92 Å². The SMILES string of the molecule is Cc1[nH]c(C2(C)CCOC2)nc1C(=O)O. The second-order valence-electron chi connectivity index (χ2n) is 4.23. The average Bonchev–Trinajstić information content (AvgIpc) is 2.72. The maximum absolute atomic E-state index is 10.8. The van der Waals surface area contributed by atoms with E-state index < -0.39 is 5.97 Å². The second-order valence-corrected chi connectivity index (χ2v) is 4.23. The number of hydrogen-bond donors (Lipinski definition) is 2. The smallest absolute Gasteiger partial charge is 0.356 e. The predicted octanol–water partition coefficient (Wildman–Crippen LogP) is 1.09. The summed E-state index contributed by atoms with van der Waals surface area (Å²) >= 11 is 0. The normalized spacial score (nSPS) is 25.7. The molecule has 1 aliphatic heterocycles. The van der Waals surface area contributed by atoms with Crippen molar-refractivity contribution in [2.24, 2.45) is 0 Å². The van der Waals surface area contributed by atoms with Crippen LogP contribution in [0, 0.1) is 6.92 Å². The van der Waals surface area contributed by atoms with Gasteiger partial charge in [0.15, 0.2) is 5.69 Å². The Kier molecular flexibility index (Phi) is 2.26. The van der Waals surface area contributed by atoms with E-state index in [0.29, 0.717) is 18.9 Å². The highest BCUT2D eigenvalue weighted by Crippen LogP contribution is 2.31. The van der Waals surface area contributed by atoms with Crippen molar-refractivity contribution in [3.05, 3.63) is 17.2 Å². The van der Waals surface area contributed by atoms with E-state index >= 15 is 0 Å². The summed E-state index contributed by atoms with van der Waals surface area (Å²) in [5.41, 5.74) is 0.544. The Morgan fingerprint density at radius 3 is 2.87 bits per heavy atom. The van der Waals surface area contributed by atoms with Crippen LogP contribution >= 0.6 is 0 Å². The molecular formula is C10H14N2O3. The zero-order valence-corrected chi connectivity index (χ0v) is 8.83. The molecule has 0 aliphatic carbocycles. The van der Waals surface area contributed by atoms with Crippen molar-refractivity contribution < 1.29 is 14.6 Å². The Morgan fingerprint density at radius 2 is 2.40 bits per heavy atom. The molecule has 2 rings (SSSR count). The van der Waals surface area contributed by atoms with Gasteiger partial charge in [-0.3, -0.25) is 0 Å². The molecule has 1 aromatic rings. The number of aromatic amines is 1. The number of aryl methyl sites for hydroxylation is 1. The predicted molar refractivity (Wildman–Crippen MR) is 53.1 cm³/mol. The van der Waals surface area contributed by atoms with Crippen LogP contribution in [0.15, 0.2) is 0 Å². The van der Waals surface area contributed by atoms with Crippen molar-refractivity contribution in [2.75, 3.05) is 13.2 Å². The first-order chi connectivity index (χ1) is 7.03. The van der Waals surface area contributed by atoms with Crippen LogP contribution in [0.2, 0.25) is 0 Å². The topological polar surface area (TPSA) is 75.2 Å². The van der Waals surface area contributed by atoms with Crippen LogP contribution in [0.4, 0.5) is 0 Å². The maximum Gasteiger partial charge on any atom is 0.356 e. The average molecular weight is 210 g/mol. The zero-order chi connectivity index (χ0) is 11.1. The quantitative estimate of drug-likeness (QED) is 0.766. The number of carboxylic acid groups (broad SMARTS) is 1. The van der Waals surface area contributed by atoms with Gasteiger partial charge in [0.05, 0.1) is 12.0 Å². The van der Waals surface area contributed by atoms with Crippen LogP contribution in [-0.2, 0) is 10.2 Å². The summed E-state index contributed by atoms with van der Waals surface area (Å²) in [6.07, 6.45) is 0.874. The van der Waals surface area contributed by atoms with Gasteiger partial charge in [-0.25, -0.2) is 9.78 Å². The minimum Gasteiger partial charge on any atom is -0.476 e. The van der Waals surface area contributed by atoms with Gasteiger partial charge in [0.1, 0.15) is 5.82 Å². The highest BCUT2D eigenvalue weighted by Gasteiger charge is 2.35. The molecule has 0 amide bonds. The van der Waals surface area contributed by atoms with Crippen LogP contribution in [0.25, 0.3) is 0 Å². The van der Waals surface area contributed by atoms with Crippen molar-refractivity contribution in [2.45, 2.75) is 25.7 Å². The molecule has 0 bridgehead atoms. The fourth-order valence-corrected chi connectivity index (χ4v) is 1.81. The van der Waals surface area contributed by atoms with Gasteiger partial charge in [-0.2, -0.15) is 0 Å². The minimum atomic E-state index is -0.988. The van der Waals surface area contributed by atoms with Crippen LogP contribution < -0.4 is 0 Å². The lowest BCUT2D eigenvalue weighted by atomic mass is 9.89. The molecule has 15 heavy (non-hydrogen) atoms. The molecule has 1 unspecified atom stereocenters. The minimum absolute atomic E-state index is 0.109.